The first kappa shape index (κ1) is 15.3. The molecule has 21 heavy (non-hydrogen) atoms. The van der Waals surface area contributed by atoms with Gasteiger partial charge in [0.15, 0.2) is 0 Å². The van der Waals surface area contributed by atoms with Crippen LogP contribution in [-0.4, -0.2) is 0 Å². The van der Waals surface area contributed by atoms with Crippen molar-refractivity contribution in [1.82, 2.24) is 0 Å². The Morgan fingerprint density at radius 1 is 1.33 bits per heavy atom. The summed E-state index contributed by atoms with van der Waals surface area (Å²) in [7, 11) is 0. The molecule has 0 radical (unpaired) electrons. The third-order valence-corrected chi connectivity index (χ3v) is 3.38. The summed E-state index contributed by atoms with van der Waals surface area (Å²) < 4.78 is 18.9. The molecule has 5 heteroatoms. The smallest absolute Gasteiger partial charge is 0.124 e. The fraction of sp³-hybridized carbons (Fsp3) is 0.188. The Hall–Kier alpha value is -2.09. The lowest BCUT2D eigenvalue weighted by molar-refractivity contribution is 0.301. The van der Waals surface area contributed by atoms with Gasteiger partial charge in [-0.05, 0) is 37.3 Å². The normalized spacial score (nSPS) is 11.8. The fourth-order valence-electron chi connectivity index (χ4n) is 1.90. The highest BCUT2D eigenvalue weighted by molar-refractivity contribution is 6.31. The van der Waals surface area contributed by atoms with E-state index in [2.05, 4.69) is 0 Å². The van der Waals surface area contributed by atoms with Gasteiger partial charge in [0.2, 0.25) is 0 Å². The van der Waals surface area contributed by atoms with Crippen LogP contribution in [0, 0.1) is 17.1 Å². The van der Waals surface area contributed by atoms with E-state index >= 15 is 0 Å². The maximum absolute atomic E-state index is 13.3. The summed E-state index contributed by atoms with van der Waals surface area (Å²) >= 11 is 6.09. The summed E-state index contributed by atoms with van der Waals surface area (Å²) in [5, 5.41) is 9.25. The van der Waals surface area contributed by atoms with E-state index in [1.54, 1.807) is 31.2 Å². The molecule has 2 aromatic rings. The number of benzene rings is 2. The van der Waals surface area contributed by atoms with Crippen molar-refractivity contribution >= 4 is 11.6 Å². The molecule has 0 aliphatic carbocycles. The highest BCUT2D eigenvalue weighted by Gasteiger charge is 2.11. The van der Waals surface area contributed by atoms with E-state index in [-0.39, 0.29) is 18.5 Å². The second kappa shape index (κ2) is 6.57. The van der Waals surface area contributed by atoms with E-state index in [1.807, 2.05) is 6.07 Å². The zero-order chi connectivity index (χ0) is 15.4. The highest BCUT2D eigenvalue weighted by atomic mass is 35.5. The summed E-state index contributed by atoms with van der Waals surface area (Å²) in [6, 6.07) is 10.9. The summed E-state index contributed by atoms with van der Waals surface area (Å²) in [5.41, 5.74) is 7.64. The van der Waals surface area contributed by atoms with Gasteiger partial charge in [0.1, 0.15) is 18.2 Å². The van der Waals surface area contributed by atoms with Gasteiger partial charge in [-0.25, -0.2) is 4.39 Å². The van der Waals surface area contributed by atoms with Crippen molar-refractivity contribution in [2.24, 2.45) is 5.73 Å². The van der Waals surface area contributed by atoms with Crippen molar-refractivity contribution < 1.29 is 9.13 Å². The lowest BCUT2D eigenvalue weighted by atomic mass is 10.1. The van der Waals surface area contributed by atoms with E-state index in [0.29, 0.717) is 21.9 Å². The average molecular weight is 305 g/mol. The molecule has 0 saturated heterocycles. The number of hydrogen-bond acceptors (Lipinski definition) is 3. The van der Waals surface area contributed by atoms with Gasteiger partial charge in [0.05, 0.1) is 11.6 Å². The highest BCUT2D eigenvalue weighted by Crippen LogP contribution is 2.27. The molecule has 1 atom stereocenters. The van der Waals surface area contributed by atoms with Crippen LogP contribution >= 0.6 is 11.6 Å². The maximum Gasteiger partial charge on any atom is 0.124 e. The second-order valence-electron chi connectivity index (χ2n) is 4.68. The standard InChI is InChI=1S/C16H14ClFN2O/c1-10(20)14-7-13(18)4-5-16(14)21-9-12-3-2-11(8-19)6-15(12)17/h2-7,10H,9,20H2,1H3. The number of nitrogens with two attached hydrogens (primary N) is 1. The molecule has 2 rings (SSSR count). The number of hydrogen-bond donors (Lipinski definition) is 1. The van der Waals surface area contributed by atoms with Gasteiger partial charge in [-0.1, -0.05) is 17.7 Å². The Morgan fingerprint density at radius 3 is 2.71 bits per heavy atom. The van der Waals surface area contributed by atoms with Crippen LogP contribution in [0.1, 0.15) is 29.7 Å². The van der Waals surface area contributed by atoms with Gasteiger partial charge >= 0.3 is 0 Å². The molecule has 0 amide bonds. The number of ether oxygens (including phenoxy) is 1. The van der Waals surface area contributed by atoms with E-state index < -0.39 is 0 Å². The second-order valence-corrected chi connectivity index (χ2v) is 5.08. The zero-order valence-electron chi connectivity index (χ0n) is 11.4. The summed E-state index contributed by atoms with van der Waals surface area (Å²) in [4.78, 5) is 0. The largest absolute Gasteiger partial charge is 0.489 e. The van der Waals surface area contributed by atoms with Crippen LogP contribution in [0.3, 0.4) is 0 Å². The van der Waals surface area contributed by atoms with Crippen LogP contribution in [0.15, 0.2) is 36.4 Å². The van der Waals surface area contributed by atoms with Crippen molar-refractivity contribution in [3.8, 4) is 11.8 Å². The van der Waals surface area contributed by atoms with E-state index in [4.69, 9.17) is 27.3 Å². The Bertz CT molecular complexity index is 695. The summed E-state index contributed by atoms with van der Waals surface area (Å²) in [5.74, 6) is 0.165. The van der Waals surface area contributed by atoms with Crippen molar-refractivity contribution in [2.45, 2.75) is 19.6 Å². The van der Waals surface area contributed by atoms with Crippen LogP contribution in [0.25, 0.3) is 0 Å². The predicted octanol–water partition coefficient (Wildman–Crippen LogP) is 3.95. The van der Waals surface area contributed by atoms with Gasteiger partial charge in [0, 0.05) is 22.2 Å². The molecule has 0 aromatic heterocycles. The predicted molar refractivity (Wildman–Crippen MR) is 79.5 cm³/mol. The molecule has 0 aliphatic heterocycles. The molecule has 2 aromatic carbocycles. The van der Waals surface area contributed by atoms with Gasteiger partial charge in [-0.15, -0.1) is 0 Å². The summed E-state index contributed by atoms with van der Waals surface area (Å²) in [6.07, 6.45) is 0. The van der Waals surface area contributed by atoms with Crippen LogP contribution in [0.2, 0.25) is 5.02 Å². The average Bonchev–Trinajstić information content (AvgIpc) is 2.46. The zero-order valence-corrected chi connectivity index (χ0v) is 12.2. The molecule has 1 unspecified atom stereocenters. The molecule has 3 nitrogen and oxygen atoms in total. The topological polar surface area (TPSA) is 59.0 Å². The molecule has 108 valence electrons. The van der Waals surface area contributed by atoms with E-state index in [9.17, 15) is 4.39 Å². The maximum atomic E-state index is 13.3. The molecular weight excluding hydrogens is 291 g/mol. The molecular formula is C16H14ClFN2O. The molecule has 0 fully saturated rings. The minimum Gasteiger partial charge on any atom is -0.489 e. The number of nitrogens with zero attached hydrogens (tertiary/aromatic N) is 1. The minimum absolute atomic E-state index is 0.218. The van der Waals surface area contributed by atoms with Crippen molar-refractivity contribution in [3.05, 3.63) is 63.9 Å². The lowest BCUT2D eigenvalue weighted by Crippen LogP contribution is -2.08. The number of rotatable bonds is 4. The molecule has 0 bridgehead atoms. The first-order valence-corrected chi connectivity index (χ1v) is 6.75. The quantitative estimate of drug-likeness (QED) is 0.930. The third kappa shape index (κ3) is 3.72. The van der Waals surface area contributed by atoms with Gasteiger partial charge < -0.3 is 10.5 Å². The van der Waals surface area contributed by atoms with E-state index in [1.165, 1.54) is 12.1 Å². The first-order chi connectivity index (χ1) is 10.0. The molecule has 0 heterocycles. The van der Waals surface area contributed by atoms with Crippen LogP contribution in [0.4, 0.5) is 4.39 Å². The summed E-state index contributed by atoms with van der Waals surface area (Å²) in [6.45, 7) is 1.98. The van der Waals surface area contributed by atoms with Crippen molar-refractivity contribution in [2.75, 3.05) is 0 Å². The Balaban J connectivity index is 2.19. The van der Waals surface area contributed by atoms with Crippen molar-refractivity contribution in [1.29, 1.82) is 5.26 Å². The number of halogens is 2. The SMILES string of the molecule is CC(N)c1cc(F)ccc1OCc1ccc(C#N)cc1Cl. The Labute approximate surface area is 127 Å². The van der Waals surface area contributed by atoms with Gasteiger partial charge in [-0.2, -0.15) is 5.26 Å². The fourth-order valence-corrected chi connectivity index (χ4v) is 2.13. The third-order valence-electron chi connectivity index (χ3n) is 3.03. The Morgan fingerprint density at radius 2 is 2.10 bits per heavy atom. The van der Waals surface area contributed by atoms with Crippen molar-refractivity contribution in [3.63, 3.8) is 0 Å². The molecule has 0 aliphatic rings. The monoisotopic (exact) mass is 304 g/mol. The van der Waals surface area contributed by atoms with Crippen LogP contribution < -0.4 is 10.5 Å². The Kier molecular flexibility index (Phi) is 4.79. The minimum atomic E-state index is -0.356. The molecule has 0 spiro atoms. The van der Waals surface area contributed by atoms with E-state index in [0.717, 1.165) is 5.56 Å². The van der Waals surface area contributed by atoms with Gasteiger partial charge in [0.25, 0.3) is 0 Å². The van der Waals surface area contributed by atoms with Crippen LogP contribution in [-0.2, 0) is 6.61 Å². The molecule has 2 N–H and O–H groups in total. The van der Waals surface area contributed by atoms with Gasteiger partial charge in [-0.3, -0.25) is 0 Å². The first-order valence-electron chi connectivity index (χ1n) is 6.37. The number of nitriles is 1. The molecule has 0 saturated carbocycles. The van der Waals surface area contributed by atoms with Crippen LogP contribution in [0.5, 0.6) is 5.75 Å². The lowest BCUT2D eigenvalue weighted by Gasteiger charge is -2.14.